The minimum Gasteiger partial charge on any atom is -0.342 e. The molecule has 0 radical (unpaired) electrons. The molecule has 0 aliphatic carbocycles. The number of benzene rings is 1. The molecule has 3 aromatic rings. The van der Waals surface area contributed by atoms with Crippen molar-refractivity contribution in [3.8, 4) is 11.4 Å². The number of nitrogens with zero attached hydrogens (tertiary/aromatic N) is 3. The van der Waals surface area contributed by atoms with Gasteiger partial charge in [-0.3, -0.25) is 4.79 Å². The Labute approximate surface area is 163 Å². The summed E-state index contributed by atoms with van der Waals surface area (Å²) in [4.78, 5) is 19.2. The summed E-state index contributed by atoms with van der Waals surface area (Å²) < 4.78 is 5.57. The first kappa shape index (κ1) is 17.9. The van der Waals surface area contributed by atoms with Gasteiger partial charge in [-0.25, -0.2) is 0 Å². The Morgan fingerprint density at radius 2 is 2.19 bits per heavy atom. The summed E-state index contributed by atoms with van der Waals surface area (Å²) in [7, 11) is 0. The molecule has 2 aromatic heterocycles. The lowest BCUT2D eigenvalue weighted by molar-refractivity contribution is -0.131. The highest BCUT2D eigenvalue weighted by molar-refractivity contribution is 7.08. The largest absolute Gasteiger partial charge is 0.342 e. The molecule has 4 rings (SSSR count). The van der Waals surface area contributed by atoms with Gasteiger partial charge < -0.3 is 9.42 Å². The summed E-state index contributed by atoms with van der Waals surface area (Å²) >= 11 is 1.62. The Morgan fingerprint density at radius 3 is 2.96 bits per heavy atom. The zero-order valence-electron chi connectivity index (χ0n) is 15.6. The van der Waals surface area contributed by atoms with Crippen molar-refractivity contribution in [2.24, 2.45) is 0 Å². The second-order valence-corrected chi connectivity index (χ2v) is 8.02. The van der Waals surface area contributed by atoms with Gasteiger partial charge in [0.25, 0.3) is 0 Å². The maximum Gasteiger partial charge on any atom is 0.231 e. The van der Waals surface area contributed by atoms with Crippen molar-refractivity contribution in [3.05, 3.63) is 57.6 Å². The monoisotopic (exact) mass is 381 g/mol. The summed E-state index contributed by atoms with van der Waals surface area (Å²) in [5.41, 5.74) is 4.51. The molecule has 1 atom stereocenters. The number of aromatic nitrogens is 2. The van der Waals surface area contributed by atoms with E-state index in [-0.39, 0.29) is 11.8 Å². The Kier molecular flexibility index (Phi) is 5.07. The van der Waals surface area contributed by atoms with E-state index < -0.39 is 0 Å². The van der Waals surface area contributed by atoms with Gasteiger partial charge in [-0.1, -0.05) is 17.3 Å². The molecule has 1 fully saturated rings. The fourth-order valence-electron chi connectivity index (χ4n) is 3.48. The predicted molar refractivity (Wildman–Crippen MR) is 106 cm³/mol. The van der Waals surface area contributed by atoms with Crippen LogP contribution in [-0.4, -0.2) is 34.0 Å². The highest BCUT2D eigenvalue weighted by Gasteiger charge is 2.28. The molecule has 27 heavy (non-hydrogen) atoms. The van der Waals surface area contributed by atoms with Crippen LogP contribution < -0.4 is 0 Å². The maximum atomic E-state index is 12.6. The van der Waals surface area contributed by atoms with Gasteiger partial charge in [-0.15, -0.1) is 0 Å². The molecule has 3 heterocycles. The van der Waals surface area contributed by atoms with E-state index in [2.05, 4.69) is 36.1 Å². The molecular weight excluding hydrogens is 358 g/mol. The summed E-state index contributed by atoms with van der Waals surface area (Å²) in [6.07, 6.45) is 2.39. The van der Waals surface area contributed by atoms with Crippen molar-refractivity contribution >= 4 is 17.2 Å². The van der Waals surface area contributed by atoms with Crippen LogP contribution >= 0.6 is 11.3 Å². The van der Waals surface area contributed by atoms with Gasteiger partial charge in [0.15, 0.2) is 0 Å². The van der Waals surface area contributed by atoms with Crippen LogP contribution in [0.3, 0.4) is 0 Å². The van der Waals surface area contributed by atoms with Gasteiger partial charge in [0.05, 0.1) is 12.3 Å². The van der Waals surface area contributed by atoms with E-state index in [0.717, 1.165) is 30.5 Å². The Bertz CT molecular complexity index is 933. The molecule has 1 unspecified atom stereocenters. The van der Waals surface area contributed by atoms with E-state index in [1.165, 1.54) is 11.1 Å². The smallest absolute Gasteiger partial charge is 0.231 e. The van der Waals surface area contributed by atoms with Crippen LogP contribution in [0.1, 0.15) is 41.3 Å². The average molecular weight is 382 g/mol. The number of likely N-dealkylation sites (tertiary alicyclic amines) is 1. The summed E-state index contributed by atoms with van der Waals surface area (Å²) in [5, 5.41) is 8.22. The minimum absolute atomic E-state index is 0.109. The third-order valence-electron chi connectivity index (χ3n) is 5.27. The normalized spacial score (nSPS) is 17.3. The fourth-order valence-corrected chi connectivity index (χ4v) is 4.15. The van der Waals surface area contributed by atoms with E-state index in [0.29, 0.717) is 24.7 Å². The lowest BCUT2D eigenvalue weighted by Crippen LogP contribution is -2.40. The van der Waals surface area contributed by atoms with Crippen LogP contribution in [0.4, 0.5) is 0 Å². The first-order valence-corrected chi connectivity index (χ1v) is 10.2. The van der Waals surface area contributed by atoms with Gasteiger partial charge in [-0.2, -0.15) is 16.3 Å². The molecule has 1 amide bonds. The average Bonchev–Trinajstić information content (AvgIpc) is 3.36. The number of thiophene rings is 1. The molecule has 0 saturated carbocycles. The van der Waals surface area contributed by atoms with Gasteiger partial charge >= 0.3 is 0 Å². The zero-order valence-corrected chi connectivity index (χ0v) is 16.5. The van der Waals surface area contributed by atoms with E-state index in [9.17, 15) is 4.79 Å². The molecule has 0 N–H and O–H groups in total. The summed E-state index contributed by atoms with van der Waals surface area (Å²) in [6, 6.07) is 8.19. The Balaban J connectivity index is 1.46. The van der Waals surface area contributed by atoms with Crippen LogP contribution in [0, 0.1) is 13.8 Å². The van der Waals surface area contributed by atoms with Crippen LogP contribution in [0.25, 0.3) is 11.4 Å². The molecule has 1 aromatic carbocycles. The molecular formula is C21H23N3O2S. The topological polar surface area (TPSA) is 59.2 Å². The summed E-state index contributed by atoms with van der Waals surface area (Å²) in [6.45, 7) is 5.62. The second-order valence-electron chi connectivity index (χ2n) is 7.24. The van der Waals surface area contributed by atoms with Crippen LogP contribution in [0.2, 0.25) is 0 Å². The van der Waals surface area contributed by atoms with Crippen molar-refractivity contribution in [1.29, 1.82) is 0 Å². The van der Waals surface area contributed by atoms with Crippen LogP contribution in [0.5, 0.6) is 0 Å². The first-order valence-electron chi connectivity index (χ1n) is 9.30. The van der Waals surface area contributed by atoms with Crippen LogP contribution in [-0.2, 0) is 11.2 Å². The molecule has 1 saturated heterocycles. The number of rotatable bonds is 4. The number of hydrogen-bond acceptors (Lipinski definition) is 5. The van der Waals surface area contributed by atoms with E-state index in [1.807, 2.05) is 27.8 Å². The fraction of sp³-hybridized carbons (Fsp3) is 0.381. The highest BCUT2D eigenvalue weighted by atomic mass is 32.1. The van der Waals surface area contributed by atoms with Gasteiger partial charge in [0.2, 0.25) is 17.6 Å². The zero-order chi connectivity index (χ0) is 18.8. The third kappa shape index (κ3) is 3.95. The SMILES string of the molecule is Cc1ccc(-c2noc(C3CCCN(C(=O)Cc4ccsc4)C3)n2)cc1C. The third-order valence-corrected chi connectivity index (χ3v) is 6.00. The maximum absolute atomic E-state index is 12.6. The predicted octanol–water partition coefficient (Wildman–Crippen LogP) is 4.36. The van der Waals surface area contributed by atoms with Crippen molar-refractivity contribution in [2.75, 3.05) is 13.1 Å². The Morgan fingerprint density at radius 1 is 1.30 bits per heavy atom. The molecule has 5 nitrogen and oxygen atoms in total. The Hall–Kier alpha value is -2.47. The molecule has 6 heteroatoms. The number of hydrogen-bond donors (Lipinski definition) is 0. The van der Waals surface area contributed by atoms with E-state index in [1.54, 1.807) is 11.3 Å². The van der Waals surface area contributed by atoms with E-state index >= 15 is 0 Å². The molecule has 140 valence electrons. The number of aryl methyl sites for hydroxylation is 2. The van der Waals surface area contributed by atoms with Gasteiger partial charge in [0.1, 0.15) is 0 Å². The van der Waals surface area contributed by atoms with Gasteiger partial charge in [-0.05, 0) is 66.3 Å². The standard InChI is InChI=1S/C21H23N3O2S/c1-14-5-6-17(10-15(14)2)20-22-21(26-23-20)18-4-3-8-24(12-18)19(25)11-16-7-9-27-13-16/h5-7,9-10,13,18H,3-4,8,11-12H2,1-2H3. The molecule has 0 bridgehead atoms. The van der Waals surface area contributed by atoms with Crippen molar-refractivity contribution < 1.29 is 9.32 Å². The minimum atomic E-state index is 0.109. The quantitative estimate of drug-likeness (QED) is 0.674. The second kappa shape index (κ2) is 7.64. The van der Waals surface area contributed by atoms with Crippen LogP contribution in [0.15, 0.2) is 39.5 Å². The number of carbonyl (C=O) groups excluding carboxylic acids is 1. The number of amides is 1. The van der Waals surface area contributed by atoms with E-state index in [4.69, 9.17) is 4.52 Å². The number of piperidine rings is 1. The molecule has 1 aliphatic heterocycles. The summed E-state index contributed by atoms with van der Waals surface area (Å²) in [5.74, 6) is 1.54. The molecule has 0 spiro atoms. The van der Waals surface area contributed by atoms with Gasteiger partial charge in [0, 0.05) is 18.7 Å². The van der Waals surface area contributed by atoms with Crippen molar-refractivity contribution in [2.45, 2.75) is 39.0 Å². The first-order chi connectivity index (χ1) is 13.1. The highest BCUT2D eigenvalue weighted by Crippen LogP contribution is 2.28. The lowest BCUT2D eigenvalue weighted by atomic mass is 9.97. The molecule has 1 aliphatic rings. The lowest BCUT2D eigenvalue weighted by Gasteiger charge is -2.31. The van der Waals surface area contributed by atoms with Crippen molar-refractivity contribution in [3.63, 3.8) is 0 Å². The van der Waals surface area contributed by atoms with Crippen molar-refractivity contribution in [1.82, 2.24) is 15.0 Å². The number of carbonyl (C=O) groups is 1.